The van der Waals surface area contributed by atoms with Crippen LogP contribution >= 0.6 is 0 Å². The van der Waals surface area contributed by atoms with Gasteiger partial charge in [-0.1, -0.05) is 6.07 Å². The fraction of sp³-hybridized carbons (Fsp3) is 0.0556. The predicted molar refractivity (Wildman–Crippen MR) is 87.4 cm³/mol. The number of aromatic amines is 1. The monoisotopic (exact) mass is 348 g/mol. The molecule has 0 spiro atoms. The first-order valence-electron chi connectivity index (χ1n) is 7.26. The fourth-order valence-electron chi connectivity index (χ4n) is 2.32. The average molecular weight is 348 g/mol. The zero-order chi connectivity index (χ0) is 18.0. The maximum Gasteiger partial charge on any atom is 0.416 e. The third-order valence-corrected chi connectivity index (χ3v) is 3.56. The normalized spacial score (nSPS) is 12.0. The van der Waals surface area contributed by atoms with Crippen LogP contribution in [0, 0.1) is 5.82 Å². The van der Waals surface area contributed by atoms with Crippen LogP contribution in [0.25, 0.3) is 17.0 Å². The summed E-state index contributed by atoms with van der Waals surface area (Å²) in [6.45, 7) is 0. The molecule has 1 amide bonds. The third-order valence-electron chi connectivity index (χ3n) is 3.56. The molecule has 1 heterocycles. The number of carbonyl (C=O) groups excluding carboxylic acids is 1. The minimum absolute atomic E-state index is 0.107. The van der Waals surface area contributed by atoms with Crippen LogP contribution in [0.1, 0.15) is 11.1 Å². The minimum atomic E-state index is -4.61. The second-order valence-corrected chi connectivity index (χ2v) is 5.34. The van der Waals surface area contributed by atoms with Gasteiger partial charge in [0.25, 0.3) is 0 Å². The molecular formula is C18H12F4N2O. The first-order chi connectivity index (χ1) is 11.8. The van der Waals surface area contributed by atoms with Crippen molar-refractivity contribution in [3.8, 4) is 0 Å². The lowest BCUT2D eigenvalue weighted by Crippen LogP contribution is -2.08. The highest BCUT2D eigenvalue weighted by Crippen LogP contribution is 2.30. The molecule has 0 saturated carbocycles. The molecule has 3 aromatic rings. The van der Waals surface area contributed by atoms with Crippen LogP contribution in [0.5, 0.6) is 0 Å². The summed E-state index contributed by atoms with van der Waals surface area (Å²) in [6.07, 6.45) is -0.659. The number of fused-ring (bicyclic) bond motifs is 1. The molecule has 0 aliphatic carbocycles. The van der Waals surface area contributed by atoms with E-state index >= 15 is 0 Å². The molecule has 3 nitrogen and oxygen atoms in total. The van der Waals surface area contributed by atoms with Crippen molar-refractivity contribution in [1.29, 1.82) is 0 Å². The molecule has 2 aromatic carbocycles. The Morgan fingerprint density at radius 2 is 1.88 bits per heavy atom. The van der Waals surface area contributed by atoms with E-state index in [1.807, 2.05) is 6.07 Å². The number of nitrogens with one attached hydrogen (secondary N) is 2. The number of aromatic nitrogens is 1. The Hall–Kier alpha value is -3.09. The first kappa shape index (κ1) is 16.8. The van der Waals surface area contributed by atoms with E-state index in [2.05, 4.69) is 10.3 Å². The van der Waals surface area contributed by atoms with Crippen molar-refractivity contribution in [2.45, 2.75) is 6.18 Å². The van der Waals surface area contributed by atoms with Gasteiger partial charge >= 0.3 is 6.18 Å². The van der Waals surface area contributed by atoms with Crippen LogP contribution in [0.15, 0.2) is 54.7 Å². The Balaban J connectivity index is 1.71. The highest BCUT2D eigenvalue weighted by Gasteiger charge is 2.30. The average Bonchev–Trinajstić information content (AvgIpc) is 3.00. The molecule has 0 aliphatic heterocycles. The number of anilines is 1. The molecule has 2 N–H and O–H groups in total. The van der Waals surface area contributed by atoms with Crippen LogP contribution in [0.4, 0.5) is 23.2 Å². The van der Waals surface area contributed by atoms with Gasteiger partial charge in [-0.2, -0.15) is 13.2 Å². The lowest BCUT2D eigenvalue weighted by Gasteiger charge is -2.07. The van der Waals surface area contributed by atoms with Crippen molar-refractivity contribution in [1.82, 2.24) is 4.98 Å². The van der Waals surface area contributed by atoms with Gasteiger partial charge < -0.3 is 10.3 Å². The molecule has 0 bridgehead atoms. The molecule has 0 atom stereocenters. The number of alkyl halides is 3. The number of amides is 1. The van der Waals surface area contributed by atoms with Gasteiger partial charge in [-0.3, -0.25) is 4.79 Å². The molecule has 25 heavy (non-hydrogen) atoms. The summed E-state index contributed by atoms with van der Waals surface area (Å²) < 4.78 is 51.2. The van der Waals surface area contributed by atoms with Crippen LogP contribution in [0.3, 0.4) is 0 Å². The molecule has 0 fully saturated rings. The number of carbonyl (C=O) groups is 1. The molecule has 128 valence electrons. The van der Waals surface area contributed by atoms with Crippen LogP contribution in [-0.4, -0.2) is 10.9 Å². The van der Waals surface area contributed by atoms with E-state index in [-0.39, 0.29) is 5.56 Å². The Morgan fingerprint density at radius 3 is 2.60 bits per heavy atom. The smallest absolute Gasteiger partial charge is 0.361 e. The summed E-state index contributed by atoms with van der Waals surface area (Å²) in [5.74, 6) is -1.57. The van der Waals surface area contributed by atoms with Gasteiger partial charge in [0.1, 0.15) is 5.82 Å². The Bertz CT molecular complexity index is 957. The Labute approximate surface area is 140 Å². The number of hydrogen-bond donors (Lipinski definition) is 2. The number of hydrogen-bond acceptors (Lipinski definition) is 1. The van der Waals surface area contributed by atoms with Crippen LogP contribution < -0.4 is 5.32 Å². The molecule has 1 aromatic heterocycles. The van der Waals surface area contributed by atoms with E-state index < -0.39 is 23.5 Å². The molecular weight excluding hydrogens is 336 g/mol. The molecule has 3 rings (SSSR count). The Morgan fingerprint density at radius 1 is 1.08 bits per heavy atom. The maximum atomic E-state index is 13.7. The molecule has 7 heteroatoms. The predicted octanol–water partition coefficient (Wildman–Crippen LogP) is 4.98. The maximum absolute atomic E-state index is 13.7. The van der Waals surface area contributed by atoms with Gasteiger partial charge in [-0.15, -0.1) is 0 Å². The quantitative estimate of drug-likeness (QED) is 0.509. The van der Waals surface area contributed by atoms with E-state index in [0.717, 1.165) is 35.2 Å². The minimum Gasteiger partial charge on any atom is -0.361 e. The lowest BCUT2D eigenvalue weighted by atomic mass is 10.1. The van der Waals surface area contributed by atoms with Crippen molar-refractivity contribution < 1.29 is 22.4 Å². The third kappa shape index (κ3) is 3.88. The van der Waals surface area contributed by atoms with Gasteiger partial charge in [0.2, 0.25) is 5.91 Å². The van der Waals surface area contributed by atoms with Gasteiger partial charge in [0, 0.05) is 34.4 Å². The molecule has 0 aliphatic rings. The topological polar surface area (TPSA) is 44.9 Å². The zero-order valence-electron chi connectivity index (χ0n) is 12.7. The summed E-state index contributed by atoms with van der Waals surface area (Å²) >= 11 is 0. The summed E-state index contributed by atoms with van der Waals surface area (Å²) in [6, 6.07) is 9.24. The van der Waals surface area contributed by atoms with E-state index in [0.29, 0.717) is 11.8 Å². The highest BCUT2D eigenvalue weighted by atomic mass is 19.4. The molecule has 0 radical (unpaired) electrons. The van der Waals surface area contributed by atoms with Crippen molar-refractivity contribution in [2.75, 3.05) is 5.32 Å². The fourth-order valence-corrected chi connectivity index (χ4v) is 2.32. The van der Waals surface area contributed by atoms with E-state index in [1.54, 1.807) is 24.4 Å². The SMILES string of the molecule is O=C(/C=C/c1ccc(C(F)(F)F)cc1F)Nc1ccc2[nH]ccc2c1. The summed E-state index contributed by atoms with van der Waals surface area (Å²) in [5, 5.41) is 3.52. The summed E-state index contributed by atoms with van der Waals surface area (Å²) in [5.41, 5.74) is 0.283. The van der Waals surface area contributed by atoms with Gasteiger partial charge in [-0.25, -0.2) is 4.39 Å². The molecule has 0 unspecified atom stereocenters. The van der Waals surface area contributed by atoms with Crippen molar-refractivity contribution >= 4 is 28.6 Å². The van der Waals surface area contributed by atoms with Crippen molar-refractivity contribution in [3.63, 3.8) is 0 Å². The van der Waals surface area contributed by atoms with Crippen LogP contribution in [-0.2, 0) is 11.0 Å². The van der Waals surface area contributed by atoms with E-state index in [1.165, 1.54) is 0 Å². The number of H-pyrrole nitrogens is 1. The van der Waals surface area contributed by atoms with Crippen molar-refractivity contribution in [3.05, 3.63) is 71.7 Å². The summed E-state index contributed by atoms with van der Waals surface area (Å²) in [4.78, 5) is 14.9. The lowest BCUT2D eigenvalue weighted by molar-refractivity contribution is -0.137. The van der Waals surface area contributed by atoms with Gasteiger partial charge in [-0.05, 0) is 42.5 Å². The van der Waals surface area contributed by atoms with Crippen LogP contribution in [0.2, 0.25) is 0 Å². The standard InChI is InChI=1S/C18H12F4N2O/c19-15-10-13(18(20,21)22)3-1-11(15)2-6-17(25)24-14-4-5-16-12(9-14)7-8-23-16/h1-10,23H,(H,24,25)/b6-2+. The Kier molecular flexibility index (Phi) is 4.31. The zero-order valence-corrected chi connectivity index (χ0v) is 12.7. The number of benzene rings is 2. The number of rotatable bonds is 3. The second kappa shape index (κ2) is 6.43. The molecule has 0 saturated heterocycles. The number of halogens is 4. The summed E-state index contributed by atoms with van der Waals surface area (Å²) in [7, 11) is 0. The van der Waals surface area contributed by atoms with E-state index in [4.69, 9.17) is 0 Å². The first-order valence-corrected chi connectivity index (χ1v) is 7.26. The van der Waals surface area contributed by atoms with Crippen molar-refractivity contribution in [2.24, 2.45) is 0 Å². The largest absolute Gasteiger partial charge is 0.416 e. The second-order valence-electron chi connectivity index (χ2n) is 5.34. The van der Waals surface area contributed by atoms with Gasteiger partial charge in [0.15, 0.2) is 0 Å². The van der Waals surface area contributed by atoms with E-state index in [9.17, 15) is 22.4 Å². The van der Waals surface area contributed by atoms with Gasteiger partial charge in [0.05, 0.1) is 5.56 Å². The highest BCUT2D eigenvalue weighted by molar-refractivity contribution is 6.03.